The van der Waals surface area contributed by atoms with Crippen molar-refractivity contribution >= 4 is 10.2 Å². The Kier molecular flexibility index (Phi) is 5.58. The van der Waals surface area contributed by atoms with Gasteiger partial charge >= 0.3 is 0 Å². The SMILES string of the molecule is CC(C)(C)CC(N)CNS(=O)(=O)N1CCCCC1. The highest BCUT2D eigenvalue weighted by Gasteiger charge is 2.24. The summed E-state index contributed by atoms with van der Waals surface area (Å²) in [7, 11) is -3.33. The Morgan fingerprint density at radius 3 is 2.28 bits per heavy atom. The molecule has 0 aliphatic carbocycles. The molecule has 0 amide bonds. The highest BCUT2D eigenvalue weighted by molar-refractivity contribution is 7.87. The van der Waals surface area contributed by atoms with E-state index in [-0.39, 0.29) is 11.5 Å². The van der Waals surface area contributed by atoms with E-state index in [4.69, 9.17) is 5.73 Å². The average Bonchev–Trinajstić information content (AvgIpc) is 2.26. The van der Waals surface area contributed by atoms with Crippen LogP contribution in [0.15, 0.2) is 0 Å². The molecule has 3 N–H and O–H groups in total. The topological polar surface area (TPSA) is 75.4 Å². The molecule has 108 valence electrons. The standard InChI is InChI=1S/C12H27N3O2S/c1-12(2,3)9-11(13)10-14-18(16,17)15-7-5-4-6-8-15/h11,14H,4-10,13H2,1-3H3. The first-order valence-corrected chi connectivity index (χ1v) is 8.15. The maximum absolute atomic E-state index is 12.0. The fourth-order valence-corrected chi connectivity index (χ4v) is 3.61. The smallest absolute Gasteiger partial charge is 0.279 e. The molecular formula is C12H27N3O2S. The van der Waals surface area contributed by atoms with Gasteiger partial charge in [-0.1, -0.05) is 27.2 Å². The van der Waals surface area contributed by atoms with Crippen LogP contribution < -0.4 is 10.5 Å². The molecule has 1 unspecified atom stereocenters. The molecule has 1 heterocycles. The number of piperidine rings is 1. The number of hydrogen-bond donors (Lipinski definition) is 2. The fourth-order valence-electron chi connectivity index (χ4n) is 2.27. The number of nitrogens with one attached hydrogen (secondary N) is 1. The minimum atomic E-state index is -3.33. The van der Waals surface area contributed by atoms with E-state index in [1.165, 1.54) is 4.31 Å². The molecule has 0 aromatic rings. The van der Waals surface area contributed by atoms with Gasteiger partial charge in [0.25, 0.3) is 10.2 Å². The van der Waals surface area contributed by atoms with Crippen LogP contribution in [-0.2, 0) is 10.2 Å². The molecular weight excluding hydrogens is 250 g/mol. The first-order valence-electron chi connectivity index (χ1n) is 6.71. The molecule has 18 heavy (non-hydrogen) atoms. The Morgan fingerprint density at radius 2 is 1.78 bits per heavy atom. The van der Waals surface area contributed by atoms with Crippen LogP contribution in [0.25, 0.3) is 0 Å². The maximum Gasteiger partial charge on any atom is 0.279 e. The second kappa shape index (κ2) is 6.32. The molecule has 1 aliphatic rings. The Hall–Kier alpha value is -0.170. The van der Waals surface area contributed by atoms with Gasteiger partial charge in [0.1, 0.15) is 0 Å². The molecule has 0 radical (unpaired) electrons. The molecule has 0 aromatic heterocycles. The molecule has 0 saturated carbocycles. The van der Waals surface area contributed by atoms with Crippen LogP contribution in [0, 0.1) is 5.41 Å². The van der Waals surface area contributed by atoms with Crippen molar-refractivity contribution in [3.8, 4) is 0 Å². The van der Waals surface area contributed by atoms with Crippen molar-refractivity contribution in [2.75, 3.05) is 19.6 Å². The third kappa shape index (κ3) is 5.65. The highest BCUT2D eigenvalue weighted by atomic mass is 32.2. The molecule has 0 aromatic carbocycles. The molecule has 6 heteroatoms. The lowest BCUT2D eigenvalue weighted by molar-refractivity contribution is 0.326. The van der Waals surface area contributed by atoms with Crippen molar-refractivity contribution in [1.82, 2.24) is 9.03 Å². The van der Waals surface area contributed by atoms with E-state index >= 15 is 0 Å². The van der Waals surface area contributed by atoms with E-state index in [0.29, 0.717) is 19.6 Å². The summed E-state index contributed by atoms with van der Waals surface area (Å²) in [5, 5.41) is 0. The summed E-state index contributed by atoms with van der Waals surface area (Å²) in [6.07, 6.45) is 3.83. The van der Waals surface area contributed by atoms with E-state index in [2.05, 4.69) is 25.5 Å². The van der Waals surface area contributed by atoms with Gasteiger partial charge in [-0.25, -0.2) is 4.72 Å². The molecule has 0 bridgehead atoms. The van der Waals surface area contributed by atoms with Crippen LogP contribution in [0.5, 0.6) is 0 Å². The molecule has 1 atom stereocenters. The minimum Gasteiger partial charge on any atom is -0.326 e. The molecule has 1 rings (SSSR count). The van der Waals surface area contributed by atoms with Gasteiger partial charge in [-0.05, 0) is 24.7 Å². The van der Waals surface area contributed by atoms with Gasteiger partial charge < -0.3 is 5.73 Å². The summed E-state index contributed by atoms with van der Waals surface area (Å²) in [5.74, 6) is 0. The quantitative estimate of drug-likeness (QED) is 0.789. The Morgan fingerprint density at radius 1 is 1.22 bits per heavy atom. The van der Waals surface area contributed by atoms with Crippen LogP contribution >= 0.6 is 0 Å². The van der Waals surface area contributed by atoms with Crippen molar-refractivity contribution in [3.05, 3.63) is 0 Å². The van der Waals surface area contributed by atoms with Gasteiger partial charge in [0, 0.05) is 25.7 Å². The van der Waals surface area contributed by atoms with Gasteiger partial charge in [-0.15, -0.1) is 0 Å². The van der Waals surface area contributed by atoms with Crippen molar-refractivity contribution in [2.45, 2.75) is 52.5 Å². The minimum absolute atomic E-state index is 0.121. The van der Waals surface area contributed by atoms with E-state index in [9.17, 15) is 8.42 Å². The van der Waals surface area contributed by atoms with Crippen LogP contribution in [0.3, 0.4) is 0 Å². The zero-order valence-electron chi connectivity index (χ0n) is 11.8. The van der Waals surface area contributed by atoms with Crippen molar-refractivity contribution < 1.29 is 8.42 Å². The lowest BCUT2D eigenvalue weighted by Crippen LogP contribution is -2.47. The average molecular weight is 277 g/mol. The highest BCUT2D eigenvalue weighted by Crippen LogP contribution is 2.19. The van der Waals surface area contributed by atoms with Crippen molar-refractivity contribution in [1.29, 1.82) is 0 Å². The van der Waals surface area contributed by atoms with Gasteiger partial charge in [0.05, 0.1) is 0 Å². The van der Waals surface area contributed by atoms with Crippen molar-refractivity contribution in [2.24, 2.45) is 11.1 Å². The zero-order chi connectivity index (χ0) is 13.8. The second-order valence-electron chi connectivity index (χ2n) is 6.34. The monoisotopic (exact) mass is 277 g/mol. The lowest BCUT2D eigenvalue weighted by Gasteiger charge is -2.28. The van der Waals surface area contributed by atoms with E-state index in [1.807, 2.05) is 0 Å². The summed E-state index contributed by atoms with van der Waals surface area (Å²) < 4.78 is 28.2. The van der Waals surface area contributed by atoms with Crippen LogP contribution in [0.4, 0.5) is 0 Å². The number of nitrogens with two attached hydrogens (primary N) is 1. The molecule has 1 saturated heterocycles. The van der Waals surface area contributed by atoms with Crippen LogP contribution in [0.1, 0.15) is 46.5 Å². The van der Waals surface area contributed by atoms with Gasteiger partial charge in [-0.2, -0.15) is 12.7 Å². The summed E-state index contributed by atoms with van der Waals surface area (Å²) in [4.78, 5) is 0. The Bertz CT molecular complexity index is 343. The van der Waals surface area contributed by atoms with E-state index < -0.39 is 10.2 Å². The van der Waals surface area contributed by atoms with Crippen LogP contribution in [-0.4, -0.2) is 38.4 Å². The van der Waals surface area contributed by atoms with Crippen LogP contribution in [0.2, 0.25) is 0 Å². The van der Waals surface area contributed by atoms with Gasteiger partial charge in [0.2, 0.25) is 0 Å². The summed E-state index contributed by atoms with van der Waals surface area (Å²) >= 11 is 0. The Balaban J connectivity index is 2.41. The summed E-state index contributed by atoms with van der Waals surface area (Å²) in [6.45, 7) is 7.88. The Labute approximate surface area is 111 Å². The molecule has 1 fully saturated rings. The fraction of sp³-hybridized carbons (Fsp3) is 1.00. The first-order chi connectivity index (χ1) is 8.21. The maximum atomic E-state index is 12.0. The second-order valence-corrected chi connectivity index (χ2v) is 8.09. The van der Waals surface area contributed by atoms with Gasteiger partial charge in [-0.3, -0.25) is 0 Å². The van der Waals surface area contributed by atoms with E-state index in [1.54, 1.807) is 0 Å². The predicted octanol–water partition coefficient (Wildman–Crippen LogP) is 1.07. The third-order valence-corrected chi connectivity index (χ3v) is 4.63. The van der Waals surface area contributed by atoms with E-state index in [0.717, 1.165) is 25.7 Å². The zero-order valence-corrected chi connectivity index (χ0v) is 12.6. The number of hydrogen-bond acceptors (Lipinski definition) is 3. The molecule has 0 spiro atoms. The summed E-state index contributed by atoms with van der Waals surface area (Å²) in [5.41, 5.74) is 6.07. The number of nitrogens with zero attached hydrogens (tertiary/aromatic N) is 1. The summed E-state index contributed by atoms with van der Waals surface area (Å²) in [6, 6.07) is -0.135. The predicted molar refractivity (Wildman–Crippen MR) is 74.4 cm³/mol. The first kappa shape index (κ1) is 15.9. The number of rotatable bonds is 5. The normalized spacial score (nSPS) is 20.9. The molecule has 5 nitrogen and oxygen atoms in total. The largest absolute Gasteiger partial charge is 0.326 e. The van der Waals surface area contributed by atoms with Crippen molar-refractivity contribution in [3.63, 3.8) is 0 Å². The molecule has 1 aliphatic heterocycles. The lowest BCUT2D eigenvalue weighted by atomic mass is 9.88. The van der Waals surface area contributed by atoms with Gasteiger partial charge in [0.15, 0.2) is 0 Å². The third-order valence-electron chi connectivity index (χ3n) is 3.06.